The molecule has 1 aromatic carbocycles. The van der Waals surface area contributed by atoms with Gasteiger partial charge in [0, 0.05) is 5.57 Å². The molecule has 0 bridgehead atoms. The van der Waals surface area contributed by atoms with Crippen LogP contribution in [-0.4, -0.2) is 10.1 Å². The van der Waals surface area contributed by atoms with Crippen molar-refractivity contribution in [1.29, 1.82) is 0 Å². The van der Waals surface area contributed by atoms with Crippen molar-refractivity contribution in [2.45, 2.75) is 33.8 Å². The molecular weight excluding hydrogens is 324 g/mol. The highest BCUT2D eigenvalue weighted by Gasteiger charge is 2.12. The summed E-state index contributed by atoms with van der Waals surface area (Å²) in [6.07, 6.45) is 8.79. The minimum Gasteiger partial charge on any atom is -0.482 e. The molecule has 0 N–H and O–H groups in total. The van der Waals surface area contributed by atoms with Gasteiger partial charge < -0.3 is 9.26 Å². The van der Waals surface area contributed by atoms with E-state index in [-0.39, 0.29) is 6.61 Å². The molecule has 2 rings (SSSR count). The summed E-state index contributed by atoms with van der Waals surface area (Å²) in [6.45, 7) is 6.30. The Morgan fingerprint density at radius 1 is 1.29 bits per heavy atom. The topological polar surface area (TPSA) is 48.2 Å². The Kier molecular flexibility index (Phi) is 6.82. The highest BCUT2D eigenvalue weighted by molar-refractivity contribution is 6.32. The number of allylic oxidation sites excluding steroid dienone is 6. The monoisotopic (exact) mass is 344 g/mol. The predicted octanol–water partition coefficient (Wildman–Crippen LogP) is 5.62. The average Bonchev–Trinajstić information content (AvgIpc) is 3.06. The lowest BCUT2D eigenvalue weighted by Gasteiger charge is -2.04. The summed E-state index contributed by atoms with van der Waals surface area (Å²) in [5.74, 6) is 1.56. The maximum atomic E-state index is 6.06. The van der Waals surface area contributed by atoms with E-state index in [1.807, 2.05) is 43.4 Å². The van der Waals surface area contributed by atoms with Crippen LogP contribution < -0.4 is 4.74 Å². The molecule has 126 valence electrons. The lowest BCUT2D eigenvalue weighted by molar-refractivity contribution is 0.243. The van der Waals surface area contributed by atoms with Crippen LogP contribution >= 0.6 is 11.6 Å². The zero-order valence-electron chi connectivity index (χ0n) is 14.1. The third-order valence-corrected chi connectivity index (χ3v) is 3.77. The number of halogens is 1. The summed E-state index contributed by atoms with van der Waals surface area (Å²) in [5, 5.41) is 4.62. The molecule has 0 spiro atoms. The van der Waals surface area contributed by atoms with Gasteiger partial charge in [0.15, 0.2) is 6.61 Å². The number of nitrogens with zero attached hydrogens (tertiary/aromatic N) is 2. The van der Waals surface area contributed by atoms with E-state index in [2.05, 4.69) is 24.0 Å². The van der Waals surface area contributed by atoms with Crippen LogP contribution in [0.1, 0.15) is 38.9 Å². The van der Waals surface area contributed by atoms with Gasteiger partial charge >= 0.3 is 0 Å². The van der Waals surface area contributed by atoms with Gasteiger partial charge in [-0.2, -0.15) is 4.98 Å². The van der Waals surface area contributed by atoms with Crippen molar-refractivity contribution in [3.05, 3.63) is 70.9 Å². The smallest absolute Gasteiger partial charge is 0.264 e. The second-order valence-corrected chi connectivity index (χ2v) is 5.57. The molecule has 1 aromatic heterocycles. The summed E-state index contributed by atoms with van der Waals surface area (Å²) in [4.78, 5) is 4.42. The van der Waals surface area contributed by atoms with Crippen LogP contribution in [0.2, 0.25) is 5.02 Å². The molecule has 2 aromatic rings. The quantitative estimate of drug-likeness (QED) is 0.612. The highest BCUT2D eigenvalue weighted by atomic mass is 35.5. The summed E-state index contributed by atoms with van der Waals surface area (Å²) in [7, 11) is 0. The van der Waals surface area contributed by atoms with Crippen LogP contribution in [0.5, 0.6) is 5.75 Å². The SMILES string of the molecule is C\C=C/C=C\C(=C(\C)CC)c1noc(COc2ccccc2Cl)n1. The van der Waals surface area contributed by atoms with Gasteiger partial charge in [0.1, 0.15) is 5.75 Å². The predicted molar refractivity (Wildman–Crippen MR) is 96.9 cm³/mol. The number of hydrogen-bond acceptors (Lipinski definition) is 4. The number of para-hydroxylation sites is 1. The molecule has 0 aliphatic carbocycles. The normalized spacial score (nSPS) is 12.8. The Morgan fingerprint density at radius 3 is 2.79 bits per heavy atom. The fourth-order valence-electron chi connectivity index (χ4n) is 1.99. The lowest BCUT2D eigenvalue weighted by Crippen LogP contribution is -1.97. The van der Waals surface area contributed by atoms with E-state index in [1.54, 1.807) is 12.1 Å². The largest absolute Gasteiger partial charge is 0.482 e. The highest BCUT2D eigenvalue weighted by Crippen LogP contribution is 2.24. The molecular formula is C19H21ClN2O2. The molecule has 1 heterocycles. The van der Waals surface area contributed by atoms with Crippen LogP contribution in [0.25, 0.3) is 5.57 Å². The Bertz CT molecular complexity index is 760. The van der Waals surface area contributed by atoms with Gasteiger partial charge in [-0.3, -0.25) is 0 Å². The van der Waals surface area contributed by atoms with E-state index in [1.165, 1.54) is 5.57 Å². The maximum absolute atomic E-state index is 6.06. The third-order valence-electron chi connectivity index (χ3n) is 3.45. The Balaban J connectivity index is 2.14. The average molecular weight is 345 g/mol. The molecule has 24 heavy (non-hydrogen) atoms. The first-order valence-corrected chi connectivity index (χ1v) is 8.22. The number of hydrogen-bond donors (Lipinski definition) is 0. The maximum Gasteiger partial charge on any atom is 0.264 e. The van der Waals surface area contributed by atoms with E-state index >= 15 is 0 Å². The first-order valence-electron chi connectivity index (χ1n) is 7.85. The van der Waals surface area contributed by atoms with Gasteiger partial charge in [0.25, 0.3) is 5.89 Å². The molecule has 0 atom stereocenters. The van der Waals surface area contributed by atoms with Crippen molar-refractivity contribution < 1.29 is 9.26 Å². The van der Waals surface area contributed by atoms with E-state index in [0.717, 1.165) is 12.0 Å². The van der Waals surface area contributed by atoms with Gasteiger partial charge in [0.2, 0.25) is 5.82 Å². The molecule has 0 amide bonds. The molecule has 0 fully saturated rings. The molecule has 5 heteroatoms. The molecule has 0 unspecified atom stereocenters. The van der Waals surface area contributed by atoms with Crippen molar-refractivity contribution in [2.24, 2.45) is 0 Å². The van der Waals surface area contributed by atoms with Gasteiger partial charge in [0.05, 0.1) is 5.02 Å². The third kappa shape index (κ3) is 4.83. The summed E-state index contributed by atoms with van der Waals surface area (Å²) in [6, 6.07) is 7.28. The van der Waals surface area contributed by atoms with Gasteiger partial charge in [-0.1, -0.05) is 65.7 Å². The standard InChI is InChI=1S/C19H21ClN2O2/c1-4-6-7-10-15(14(3)5-2)19-21-18(24-22-19)13-23-17-12-9-8-11-16(17)20/h4,6-12H,5,13H2,1-3H3/b6-4-,10-7-,15-14+. The van der Waals surface area contributed by atoms with Crippen molar-refractivity contribution in [1.82, 2.24) is 10.1 Å². The summed E-state index contributed by atoms with van der Waals surface area (Å²) in [5.41, 5.74) is 2.15. The van der Waals surface area contributed by atoms with Crippen LogP contribution in [0.4, 0.5) is 0 Å². The summed E-state index contributed by atoms with van der Waals surface area (Å²) >= 11 is 6.06. The zero-order chi connectivity index (χ0) is 17.4. The van der Waals surface area contributed by atoms with Gasteiger partial charge in [-0.15, -0.1) is 0 Å². The van der Waals surface area contributed by atoms with Crippen LogP contribution in [0, 0.1) is 0 Å². The van der Waals surface area contributed by atoms with E-state index in [9.17, 15) is 0 Å². The minimum absolute atomic E-state index is 0.174. The minimum atomic E-state index is 0.174. The van der Waals surface area contributed by atoms with Crippen molar-refractivity contribution in [3.63, 3.8) is 0 Å². The van der Waals surface area contributed by atoms with E-state index in [4.69, 9.17) is 20.9 Å². The Labute approximate surface area is 147 Å². The molecule has 4 nitrogen and oxygen atoms in total. The fourth-order valence-corrected chi connectivity index (χ4v) is 2.18. The second kappa shape index (κ2) is 9.08. The van der Waals surface area contributed by atoms with E-state index in [0.29, 0.717) is 22.5 Å². The van der Waals surface area contributed by atoms with E-state index < -0.39 is 0 Å². The van der Waals surface area contributed by atoms with Crippen LogP contribution in [-0.2, 0) is 6.61 Å². The number of ether oxygens (including phenoxy) is 1. The van der Waals surface area contributed by atoms with Crippen LogP contribution in [0.15, 0.2) is 58.7 Å². The van der Waals surface area contributed by atoms with Gasteiger partial charge in [-0.05, 0) is 32.4 Å². The van der Waals surface area contributed by atoms with Crippen molar-refractivity contribution >= 4 is 17.2 Å². The van der Waals surface area contributed by atoms with Crippen LogP contribution in [0.3, 0.4) is 0 Å². The number of aromatic nitrogens is 2. The molecule has 0 aliphatic heterocycles. The molecule has 0 radical (unpaired) electrons. The first-order chi connectivity index (χ1) is 11.7. The molecule has 0 saturated heterocycles. The fraction of sp³-hybridized carbons (Fsp3) is 0.263. The summed E-state index contributed by atoms with van der Waals surface area (Å²) < 4.78 is 10.9. The Hall–Kier alpha value is -2.33. The second-order valence-electron chi connectivity index (χ2n) is 5.16. The number of rotatable bonds is 7. The molecule has 0 aliphatic rings. The van der Waals surface area contributed by atoms with Crippen molar-refractivity contribution in [3.8, 4) is 5.75 Å². The Morgan fingerprint density at radius 2 is 2.08 bits per heavy atom. The van der Waals surface area contributed by atoms with Crippen molar-refractivity contribution in [2.75, 3.05) is 0 Å². The van der Waals surface area contributed by atoms with Gasteiger partial charge in [-0.25, -0.2) is 0 Å². The number of benzene rings is 1. The first kappa shape index (κ1) is 18.0. The molecule has 0 saturated carbocycles. The zero-order valence-corrected chi connectivity index (χ0v) is 14.9. The lowest BCUT2D eigenvalue weighted by atomic mass is 10.1.